The van der Waals surface area contributed by atoms with Crippen LogP contribution in [0.15, 0.2) is 33.0 Å². The number of carbonyl (C=O) groups excluding carboxylic acids is 1. The Morgan fingerprint density at radius 1 is 1.31 bits per heavy atom. The summed E-state index contributed by atoms with van der Waals surface area (Å²) in [4.78, 5) is 29.4. The molecule has 2 aromatic heterocycles. The molecule has 0 spiro atoms. The lowest BCUT2D eigenvalue weighted by Crippen LogP contribution is -2.26. The normalized spacial score (nSPS) is 12.1. The van der Waals surface area contributed by atoms with Crippen molar-refractivity contribution in [3.8, 4) is 16.3 Å². The lowest BCUT2D eigenvalue weighted by Gasteiger charge is -2.17. The third kappa shape index (κ3) is 4.67. The lowest BCUT2D eigenvalue weighted by atomic mass is 10.0. The first-order valence-corrected chi connectivity index (χ1v) is 10.7. The number of carbonyl (C=O) groups is 1. The molecule has 0 saturated heterocycles. The number of thiazole rings is 1. The highest BCUT2D eigenvalue weighted by Crippen LogP contribution is 2.30. The van der Waals surface area contributed by atoms with E-state index >= 15 is 0 Å². The third-order valence-corrected chi connectivity index (χ3v) is 5.52. The van der Waals surface area contributed by atoms with Crippen LogP contribution in [0.1, 0.15) is 44.9 Å². The summed E-state index contributed by atoms with van der Waals surface area (Å²) in [5.74, 6) is 0.109. The molecule has 6 nitrogen and oxygen atoms in total. The standard InChI is InChI=1S/C22H25NO5S/c1-5-7-8-15-9-16-19(10-18(15)28-14(4)22(25)26-6-2)27-11-17(20(16)24)21-23-13(3)12-29-21/h9-12,14H,5-8H2,1-4H3/t14-/m1/s1. The van der Waals surface area contributed by atoms with Gasteiger partial charge >= 0.3 is 5.97 Å². The summed E-state index contributed by atoms with van der Waals surface area (Å²) in [6.07, 6.45) is 3.35. The molecule has 0 N–H and O–H groups in total. The van der Waals surface area contributed by atoms with Crippen LogP contribution < -0.4 is 10.2 Å². The van der Waals surface area contributed by atoms with E-state index in [1.165, 1.54) is 17.6 Å². The molecule has 1 atom stereocenters. The van der Waals surface area contributed by atoms with Crippen LogP contribution in [0.25, 0.3) is 21.5 Å². The summed E-state index contributed by atoms with van der Waals surface area (Å²) in [6.45, 7) is 7.68. The van der Waals surface area contributed by atoms with E-state index < -0.39 is 12.1 Å². The number of hydrogen-bond acceptors (Lipinski definition) is 7. The quantitative estimate of drug-likeness (QED) is 0.487. The van der Waals surface area contributed by atoms with Gasteiger partial charge in [-0.3, -0.25) is 4.79 Å². The van der Waals surface area contributed by atoms with Crippen LogP contribution in [-0.2, 0) is 16.0 Å². The van der Waals surface area contributed by atoms with Gasteiger partial charge < -0.3 is 13.9 Å². The molecule has 1 aromatic carbocycles. The highest BCUT2D eigenvalue weighted by molar-refractivity contribution is 7.13. The second-order valence-electron chi connectivity index (χ2n) is 6.84. The van der Waals surface area contributed by atoms with Crippen molar-refractivity contribution in [3.05, 3.63) is 45.3 Å². The highest BCUT2D eigenvalue weighted by atomic mass is 32.1. The molecule has 3 aromatic rings. The molecule has 3 rings (SSSR count). The van der Waals surface area contributed by atoms with Gasteiger partial charge in [-0.2, -0.15) is 0 Å². The summed E-state index contributed by atoms with van der Waals surface area (Å²) in [6, 6.07) is 3.50. The minimum Gasteiger partial charge on any atom is -0.479 e. The molecule has 0 aliphatic carbocycles. The van der Waals surface area contributed by atoms with Crippen molar-refractivity contribution in [2.75, 3.05) is 6.61 Å². The Labute approximate surface area is 173 Å². The molecular formula is C22H25NO5S. The van der Waals surface area contributed by atoms with Crippen molar-refractivity contribution in [1.29, 1.82) is 0 Å². The van der Waals surface area contributed by atoms with E-state index in [0.717, 1.165) is 30.5 Å². The largest absolute Gasteiger partial charge is 0.479 e. The predicted octanol–water partition coefficient (Wildman–Crippen LogP) is 4.90. The summed E-state index contributed by atoms with van der Waals surface area (Å²) >= 11 is 1.42. The van der Waals surface area contributed by atoms with Gasteiger partial charge in [0.2, 0.25) is 5.43 Å². The second-order valence-corrected chi connectivity index (χ2v) is 7.70. The van der Waals surface area contributed by atoms with E-state index in [2.05, 4.69) is 11.9 Å². The predicted molar refractivity (Wildman–Crippen MR) is 114 cm³/mol. The van der Waals surface area contributed by atoms with Gasteiger partial charge in [0.25, 0.3) is 0 Å². The van der Waals surface area contributed by atoms with Gasteiger partial charge in [-0.15, -0.1) is 11.3 Å². The molecule has 154 valence electrons. The first-order chi connectivity index (χ1) is 13.9. The minimum absolute atomic E-state index is 0.122. The van der Waals surface area contributed by atoms with E-state index in [4.69, 9.17) is 13.9 Å². The molecule has 0 unspecified atom stereocenters. The van der Waals surface area contributed by atoms with E-state index in [1.54, 1.807) is 19.9 Å². The molecule has 0 aliphatic rings. The van der Waals surface area contributed by atoms with E-state index in [1.807, 2.05) is 18.4 Å². The van der Waals surface area contributed by atoms with E-state index in [9.17, 15) is 9.59 Å². The van der Waals surface area contributed by atoms with E-state index in [0.29, 0.717) is 33.9 Å². The zero-order valence-corrected chi connectivity index (χ0v) is 17.9. The Hall–Kier alpha value is -2.67. The Morgan fingerprint density at radius 2 is 2.10 bits per heavy atom. The summed E-state index contributed by atoms with van der Waals surface area (Å²) < 4.78 is 16.7. The molecule has 0 saturated carbocycles. The van der Waals surface area contributed by atoms with Crippen LogP contribution in [0.3, 0.4) is 0 Å². The van der Waals surface area contributed by atoms with Crippen molar-refractivity contribution in [2.45, 2.75) is 53.1 Å². The zero-order chi connectivity index (χ0) is 21.0. The monoisotopic (exact) mass is 415 g/mol. The fraction of sp³-hybridized carbons (Fsp3) is 0.409. The van der Waals surface area contributed by atoms with Crippen molar-refractivity contribution < 1.29 is 18.7 Å². The molecule has 0 fully saturated rings. The maximum atomic E-state index is 13.1. The topological polar surface area (TPSA) is 78.6 Å². The minimum atomic E-state index is -0.753. The summed E-state index contributed by atoms with van der Waals surface area (Å²) in [5, 5.41) is 3.03. The van der Waals surface area contributed by atoms with Crippen molar-refractivity contribution in [1.82, 2.24) is 4.98 Å². The molecule has 7 heteroatoms. The SMILES string of the molecule is CCCCc1cc2c(=O)c(-c3nc(C)cs3)coc2cc1O[C@H](C)C(=O)OCC. The Kier molecular flexibility index (Phi) is 6.69. The molecule has 0 aliphatic heterocycles. The van der Waals surface area contributed by atoms with Gasteiger partial charge in [0.1, 0.15) is 22.6 Å². The fourth-order valence-corrected chi connectivity index (χ4v) is 3.80. The maximum Gasteiger partial charge on any atom is 0.347 e. The average molecular weight is 416 g/mol. The molecule has 0 amide bonds. The second kappa shape index (κ2) is 9.22. The van der Waals surface area contributed by atoms with Gasteiger partial charge in [0.15, 0.2) is 6.10 Å². The summed E-state index contributed by atoms with van der Waals surface area (Å²) in [5.41, 5.74) is 2.48. The Bertz CT molecular complexity index is 1070. The first-order valence-electron chi connectivity index (χ1n) is 9.78. The molecule has 0 radical (unpaired) electrons. The van der Waals surface area contributed by atoms with Gasteiger partial charge in [0, 0.05) is 17.1 Å². The van der Waals surface area contributed by atoms with Crippen LogP contribution in [0, 0.1) is 6.92 Å². The van der Waals surface area contributed by atoms with Crippen LogP contribution in [0.2, 0.25) is 0 Å². The first kappa shape index (κ1) is 21.0. The molecular weight excluding hydrogens is 390 g/mol. The Balaban J connectivity index is 2.05. The number of esters is 1. The lowest BCUT2D eigenvalue weighted by molar-refractivity contribution is -0.150. The number of unbranched alkanes of at least 4 members (excludes halogenated alkanes) is 1. The average Bonchev–Trinajstić information content (AvgIpc) is 3.13. The number of aryl methyl sites for hydroxylation is 2. The molecule has 29 heavy (non-hydrogen) atoms. The van der Waals surface area contributed by atoms with Crippen molar-refractivity contribution in [3.63, 3.8) is 0 Å². The number of fused-ring (bicyclic) bond motifs is 1. The third-order valence-electron chi connectivity index (χ3n) is 4.53. The number of nitrogens with zero attached hydrogens (tertiary/aromatic N) is 1. The smallest absolute Gasteiger partial charge is 0.347 e. The van der Waals surface area contributed by atoms with Crippen LogP contribution in [0.4, 0.5) is 0 Å². The molecule has 2 heterocycles. The van der Waals surface area contributed by atoms with Gasteiger partial charge in [0.05, 0.1) is 17.6 Å². The van der Waals surface area contributed by atoms with Gasteiger partial charge in [-0.25, -0.2) is 9.78 Å². The highest BCUT2D eigenvalue weighted by Gasteiger charge is 2.20. The van der Waals surface area contributed by atoms with Crippen LogP contribution in [0.5, 0.6) is 5.75 Å². The maximum absolute atomic E-state index is 13.1. The van der Waals surface area contributed by atoms with Crippen molar-refractivity contribution in [2.24, 2.45) is 0 Å². The summed E-state index contributed by atoms with van der Waals surface area (Å²) in [7, 11) is 0. The Morgan fingerprint density at radius 3 is 2.76 bits per heavy atom. The number of benzene rings is 1. The van der Waals surface area contributed by atoms with Gasteiger partial charge in [-0.1, -0.05) is 13.3 Å². The molecule has 0 bridgehead atoms. The van der Waals surface area contributed by atoms with Gasteiger partial charge in [-0.05, 0) is 45.2 Å². The number of aromatic nitrogens is 1. The number of rotatable bonds is 8. The van der Waals surface area contributed by atoms with E-state index in [-0.39, 0.29) is 5.43 Å². The van der Waals surface area contributed by atoms with Crippen LogP contribution in [-0.4, -0.2) is 23.7 Å². The van der Waals surface area contributed by atoms with Crippen LogP contribution >= 0.6 is 11.3 Å². The number of ether oxygens (including phenoxy) is 2. The van der Waals surface area contributed by atoms with Crippen molar-refractivity contribution >= 4 is 28.3 Å². The number of hydrogen-bond donors (Lipinski definition) is 0. The zero-order valence-electron chi connectivity index (χ0n) is 17.1. The fourth-order valence-electron chi connectivity index (χ4n) is 3.00.